The first-order valence-corrected chi connectivity index (χ1v) is 18.5. The fourth-order valence-corrected chi connectivity index (χ4v) is 7.63. The second-order valence-electron chi connectivity index (χ2n) is 11.0. The van der Waals surface area contributed by atoms with Crippen LogP contribution in [0.4, 0.5) is 5.69 Å². The zero-order valence-corrected chi connectivity index (χ0v) is 28.5. The van der Waals surface area contributed by atoms with Gasteiger partial charge >= 0.3 is 0 Å². The number of ether oxygens (including phenoxy) is 1. The van der Waals surface area contributed by atoms with Crippen LogP contribution < -0.4 is 14.4 Å². The van der Waals surface area contributed by atoms with Crippen molar-refractivity contribution < 1.29 is 22.7 Å². The van der Waals surface area contributed by atoms with Crippen LogP contribution in [0.5, 0.6) is 5.75 Å². The SMILES string of the molecule is CCOc1ccccc1N(CC(=O)N(Cc1ccccc1Cl)C(CC)C(=O)NC1CCCCC1)S(=O)(=O)c1ccc(SC)cc1. The molecule has 242 valence electrons. The predicted octanol–water partition coefficient (Wildman–Crippen LogP) is 6.91. The molecule has 1 fully saturated rings. The van der Waals surface area contributed by atoms with Gasteiger partial charge in [-0.1, -0.05) is 68.1 Å². The average Bonchev–Trinajstić information content (AvgIpc) is 3.05. The minimum absolute atomic E-state index is 0.0402. The molecule has 0 heterocycles. The number of carbonyl (C=O) groups excluding carboxylic acids is 2. The van der Waals surface area contributed by atoms with Gasteiger partial charge in [-0.3, -0.25) is 13.9 Å². The van der Waals surface area contributed by atoms with Crippen LogP contribution in [0.1, 0.15) is 57.9 Å². The smallest absolute Gasteiger partial charge is 0.264 e. The van der Waals surface area contributed by atoms with E-state index in [1.165, 1.54) is 28.8 Å². The van der Waals surface area contributed by atoms with Gasteiger partial charge in [0.25, 0.3) is 10.0 Å². The predicted molar refractivity (Wildman–Crippen MR) is 181 cm³/mol. The summed E-state index contributed by atoms with van der Waals surface area (Å²) < 4.78 is 35.5. The van der Waals surface area contributed by atoms with E-state index in [4.69, 9.17) is 16.3 Å². The van der Waals surface area contributed by atoms with Crippen molar-refractivity contribution in [2.45, 2.75) is 80.8 Å². The fourth-order valence-electron chi connectivity index (χ4n) is 5.60. The maximum Gasteiger partial charge on any atom is 0.264 e. The van der Waals surface area contributed by atoms with Crippen molar-refractivity contribution in [3.8, 4) is 5.75 Å². The van der Waals surface area contributed by atoms with Gasteiger partial charge in [0.15, 0.2) is 0 Å². The third-order valence-electron chi connectivity index (χ3n) is 8.00. The van der Waals surface area contributed by atoms with Crippen LogP contribution in [0.25, 0.3) is 0 Å². The Kier molecular flexibility index (Phi) is 12.6. The van der Waals surface area contributed by atoms with E-state index in [1.807, 2.05) is 26.2 Å². The van der Waals surface area contributed by atoms with E-state index in [0.29, 0.717) is 29.4 Å². The molecule has 1 aliphatic rings. The molecule has 0 saturated heterocycles. The molecule has 1 saturated carbocycles. The molecule has 0 spiro atoms. The molecule has 3 aromatic carbocycles. The lowest BCUT2D eigenvalue weighted by molar-refractivity contribution is -0.140. The normalized spacial score (nSPS) is 14.4. The van der Waals surface area contributed by atoms with Gasteiger partial charge in [-0.2, -0.15) is 0 Å². The maximum absolute atomic E-state index is 14.4. The van der Waals surface area contributed by atoms with Crippen molar-refractivity contribution in [2.75, 3.05) is 23.7 Å². The van der Waals surface area contributed by atoms with Gasteiger partial charge < -0.3 is 15.0 Å². The van der Waals surface area contributed by atoms with Crippen LogP contribution in [0.15, 0.2) is 82.6 Å². The van der Waals surface area contributed by atoms with Crippen molar-refractivity contribution in [1.82, 2.24) is 10.2 Å². The quantitative estimate of drug-likeness (QED) is 0.187. The number of halogens is 1. The number of para-hydroxylation sites is 2. The van der Waals surface area contributed by atoms with Gasteiger partial charge in [0.2, 0.25) is 11.8 Å². The van der Waals surface area contributed by atoms with E-state index < -0.39 is 28.5 Å². The van der Waals surface area contributed by atoms with Crippen molar-refractivity contribution in [3.05, 3.63) is 83.4 Å². The average molecular weight is 672 g/mol. The standard InChI is InChI=1S/C34H42ClN3O5S2/c1-4-30(34(40)36-26-14-7-6-8-15-26)37(23-25-13-9-10-16-29(25)35)33(39)24-38(31-17-11-12-18-32(31)43-5-2)45(41,42)28-21-19-27(44-3)20-22-28/h9-13,16-22,26,30H,4-8,14-15,23-24H2,1-3H3,(H,36,40). The molecule has 0 radical (unpaired) electrons. The number of hydrogen-bond acceptors (Lipinski definition) is 6. The van der Waals surface area contributed by atoms with E-state index in [1.54, 1.807) is 54.6 Å². The zero-order chi connectivity index (χ0) is 32.4. The number of benzene rings is 3. The summed E-state index contributed by atoms with van der Waals surface area (Å²) in [6.07, 6.45) is 7.30. The topological polar surface area (TPSA) is 96.0 Å². The maximum atomic E-state index is 14.4. The van der Waals surface area contributed by atoms with Crippen LogP contribution >= 0.6 is 23.4 Å². The molecule has 3 aromatic rings. The zero-order valence-electron chi connectivity index (χ0n) is 26.1. The number of thioether (sulfide) groups is 1. The minimum atomic E-state index is -4.23. The summed E-state index contributed by atoms with van der Waals surface area (Å²) >= 11 is 8.03. The Labute approximate surface area is 276 Å². The van der Waals surface area contributed by atoms with Gasteiger partial charge in [0.1, 0.15) is 18.3 Å². The van der Waals surface area contributed by atoms with E-state index in [9.17, 15) is 18.0 Å². The van der Waals surface area contributed by atoms with E-state index in [2.05, 4.69) is 5.32 Å². The molecule has 1 N–H and O–H groups in total. The number of anilines is 1. The molecule has 1 aliphatic carbocycles. The number of nitrogens with zero attached hydrogens (tertiary/aromatic N) is 2. The molecular formula is C34H42ClN3O5S2. The van der Waals surface area contributed by atoms with Crippen LogP contribution in [-0.4, -0.2) is 56.6 Å². The van der Waals surface area contributed by atoms with E-state index in [0.717, 1.165) is 41.3 Å². The van der Waals surface area contributed by atoms with Gasteiger partial charge in [0, 0.05) is 22.5 Å². The Hall–Kier alpha value is -3.21. The van der Waals surface area contributed by atoms with Crippen LogP contribution in [0, 0.1) is 0 Å². The summed E-state index contributed by atoms with van der Waals surface area (Å²) in [7, 11) is -4.23. The summed E-state index contributed by atoms with van der Waals surface area (Å²) in [5, 5.41) is 3.62. The lowest BCUT2D eigenvalue weighted by Gasteiger charge is -2.35. The molecular weight excluding hydrogens is 630 g/mol. The summed E-state index contributed by atoms with van der Waals surface area (Å²) in [6.45, 7) is 3.46. The van der Waals surface area contributed by atoms with Crippen molar-refractivity contribution in [1.29, 1.82) is 0 Å². The highest BCUT2D eigenvalue weighted by atomic mass is 35.5. The third kappa shape index (κ3) is 8.74. The summed E-state index contributed by atoms with van der Waals surface area (Å²) in [4.78, 5) is 30.6. The van der Waals surface area contributed by atoms with Gasteiger partial charge in [-0.25, -0.2) is 8.42 Å². The largest absolute Gasteiger partial charge is 0.492 e. The highest BCUT2D eigenvalue weighted by Gasteiger charge is 2.35. The first kappa shape index (κ1) is 34.7. The number of hydrogen-bond donors (Lipinski definition) is 1. The second-order valence-corrected chi connectivity index (χ2v) is 14.1. The number of rotatable bonds is 14. The number of amides is 2. The van der Waals surface area contributed by atoms with Crippen LogP contribution in [0.2, 0.25) is 5.02 Å². The molecule has 0 aliphatic heterocycles. The van der Waals surface area contributed by atoms with Crippen molar-refractivity contribution in [3.63, 3.8) is 0 Å². The van der Waals surface area contributed by atoms with Crippen molar-refractivity contribution >= 4 is 50.9 Å². The number of sulfonamides is 1. The molecule has 2 amide bonds. The second kappa shape index (κ2) is 16.4. The molecule has 45 heavy (non-hydrogen) atoms. The number of carbonyl (C=O) groups is 2. The van der Waals surface area contributed by atoms with E-state index >= 15 is 0 Å². The molecule has 11 heteroatoms. The Morgan fingerprint density at radius 3 is 2.29 bits per heavy atom. The first-order chi connectivity index (χ1) is 21.7. The Balaban J connectivity index is 1.75. The van der Waals surface area contributed by atoms with Gasteiger partial charge in [-0.15, -0.1) is 11.8 Å². The van der Waals surface area contributed by atoms with Gasteiger partial charge in [0.05, 0.1) is 17.2 Å². The minimum Gasteiger partial charge on any atom is -0.492 e. The molecule has 0 aromatic heterocycles. The summed E-state index contributed by atoms with van der Waals surface area (Å²) in [5.41, 5.74) is 0.896. The Morgan fingerprint density at radius 2 is 1.64 bits per heavy atom. The molecule has 4 rings (SSSR count). The molecule has 1 unspecified atom stereocenters. The third-order valence-corrected chi connectivity index (χ3v) is 10.9. The Morgan fingerprint density at radius 1 is 0.978 bits per heavy atom. The van der Waals surface area contributed by atoms with Crippen molar-refractivity contribution in [2.24, 2.45) is 0 Å². The van der Waals surface area contributed by atoms with Crippen LogP contribution in [0.3, 0.4) is 0 Å². The monoisotopic (exact) mass is 671 g/mol. The van der Waals surface area contributed by atoms with E-state index in [-0.39, 0.29) is 29.1 Å². The van der Waals surface area contributed by atoms with Crippen LogP contribution in [-0.2, 0) is 26.2 Å². The fraction of sp³-hybridized carbons (Fsp3) is 0.412. The summed E-state index contributed by atoms with van der Waals surface area (Å²) in [5.74, 6) is -0.449. The lowest BCUT2D eigenvalue weighted by atomic mass is 9.95. The lowest BCUT2D eigenvalue weighted by Crippen LogP contribution is -2.54. The van der Waals surface area contributed by atoms with Gasteiger partial charge in [-0.05, 0) is 80.5 Å². The molecule has 1 atom stereocenters. The highest BCUT2D eigenvalue weighted by molar-refractivity contribution is 7.98. The highest BCUT2D eigenvalue weighted by Crippen LogP contribution is 2.33. The number of nitrogens with one attached hydrogen (secondary N) is 1. The first-order valence-electron chi connectivity index (χ1n) is 15.4. The molecule has 0 bridgehead atoms. The Bertz CT molecular complexity index is 1550. The summed E-state index contributed by atoms with van der Waals surface area (Å²) in [6, 6.07) is 19.7. The molecule has 8 nitrogen and oxygen atoms in total.